The van der Waals surface area contributed by atoms with Crippen LogP contribution in [0.4, 0.5) is 4.79 Å². The van der Waals surface area contributed by atoms with Crippen LogP contribution in [0.5, 0.6) is 0 Å². The molecule has 0 bridgehead atoms. The molecule has 1 heterocycles. The number of hydrogen-bond acceptors (Lipinski definition) is 5. The predicted molar refractivity (Wildman–Crippen MR) is 123 cm³/mol. The average Bonchev–Trinajstić information content (AvgIpc) is 2.81. The average molecular weight is 455 g/mol. The van der Waals surface area contributed by atoms with Gasteiger partial charge in [-0.25, -0.2) is 4.79 Å². The minimum absolute atomic E-state index is 0.0751. The highest BCUT2D eigenvalue weighted by Gasteiger charge is 2.23. The zero-order valence-electron chi connectivity index (χ0n) is 18.7. The molecule has 4 N–H and O–H groups in total. The second-order valence-corrected chi connectivity index (χ2v) is 8.26. The lowest BCUT2D eigenvalue weighted by molar-refractivity contribution is 0.0693. The first-order valence-corrected chi connectivity index (χ1v) is 11.1. The lowest BCUT2D eigenvalue weighted by atomic mass is 9.85. The van der Waals surface area contributed by atoms with Crippen molar-refractivity contribution in [2.75, 3.05) is 13.6 Å². The number of aromatic nitrogens is 1. The number of carbonyl (C=O) groups excluding carboxylic acids is 3. The van der Waals surface area contributed by atoms with E-state index in [4.69, 9.17) is 10.5 Å². The van der Waals surface area contributed by atoms with Crippen molar-refractivity contribution in [2.24, 2.45) is 11.7 Å². The Balaban J connectivity index is 1.64. The molecule has 3 rings (SSSR count). The van der Waals surface area contributed by atoms with Crippen molar-refractivity contribution >= 4 is 17.9 Å². The number of hydrogen-bond donors (Lipinski definition) is 3. The minimum Gasteiger partial charge on any atom is -0.446 e. The molecule has 1 aromatic heterocycles. The summed E-state index contributed by atoms with van der Waals surface area (Å²) in [5.74, 6) is -0.453. The van der Waals surface area contributed by atoms with E-state index in [-0.39, 0.29) is 29.7 Å². The van der Waals surface area contributed by atoms with Crippen LogP contribution >= 0.6 is 0 Å². The van der Waals surface area contributed by atoms with E-state index in [0.717, 1.165) is 37.7 Å². The van der Waals surface area contributed by atoms with Crippen molar-refractivity contribution in [3.63, 3.8) is 0 Å². The molecule has 9 heteroatoms. The SMILES string of the molecule is CNC(=O)c1cc(C(=O)NCC[C@H]2CC[C@@H](OC(N)=O)CC2)cn(Cc2ccccc2)c1=O. The van der Waals surface area contributed by atoms with Gasteiger partial charge in [0.2, 0.25) is 0 Å². The van der Waals surface area contributed by atoms with Gasteiger partial charge in [0, 0.05) is 19.8 Å². The monoisotopic (exact) mass is 454 g/mol. The van der Waals surface area contributed by atoms with Crippen LogP contribution in [0, 0.1) is 5.92 Å². The quantitative estimate of drug-likeness (QED) is 0.561. The summed E-state index contributed by atoms with van der Waals surface area (Å²) in [5, 5.41) is 5.35. The summed E-state index contributed by atoms with van der Waals surface area (Å²) in [4.78, 5) is 48.7. The molecule has 1 aliphatic rings. The molecule has 0 spiro atoms. The van der Waals surface area contributed by atoms with E-state index in [2.05, 4.69) is 10.6 Å². The van der Waals surface area contributed by atoms with Gasteiger partial charge in [0.05, 0.1) is 12.1 Å². The highest BCUT2D eigenvalue weighted by atomic mass is 16.6. The number of nitrogens with two attached hydrogens (primary N) is 1. The molecule has 3 amide bonds. The number of carbonyl (C=O) groups is 3. The summed E-state index contributed by atoms with van der Waals surface area (Å²) in [7, 11) is 1.44. The van der Waals surface area contributed by atoms with E-state index in [1.165, 1.54) is 23.9 Å². The Hall–Kier alpha value is -3.62. The Morgan fingerprint density at radius 2 is 1.79 bits per heavy atom. The second kappa shape index (κ2) is 11.3. The summed E-state index contributed by atoms with van der Waals surface area (Å²) < 4.78 is 6.44. The third-order valence-corrected chi connectivity index (χ3v) is 5.93. The van der Waals surface area contributed by atoms with Gasteiger partial charge < -0.3 is 25.7 Å². The third kappa shape index (κ3) is 6.68. The molecular formula is C24H30N4O5. The number of benzene rings is 1. The Morgan fingerprint density at radius 1 is 1.09 bits per heavy atom. The predicted octanol–water partition coefficient (Wildman–Crippen LogP) is 2.03. The van der Waals surface area contributed by atoms with Gasteiger partial charge in [0.25, 0.3) is 17.4 Å². The topological polar surface area (TPSA) is 133 Å². The maximum absolute atomic E-state index is 12.8. The minimum atomic E-state index is -0.740. The largest absolute Gasteiger partial charge is 0.446 e. The van der Waals surface area contributed by atoms with Crippen LogP contribution in [0.3, 0.4) is 0 Å². The van der Waals surface area contributed by atoms with Crippen molar-refractivity contribution in [2.45, 2.75) is 44.8 Å². The number of pyridine rings is 1. The third-order valence-electron chi connectivity index (χ3n) is 5.93. The first-order valence-electron chi connectivity index (χ1n) is 11.1. The summed E-state index contributed by atoms with van der Waals surface area (Å²) in [5.41, 5.74) is 5.68. The smallest absolute Gasteiger partial charge is 0.404 e. The molecule has 2 aromatic rings. The summed E-state index contributed by atoms with van der Waals surface area (Å²) >= 11 is 0. The van der Waals surface area contributed by atoms with Gasteiger partial charge in [-0.15, -0.1) is 0 Å². The summed E-state index contributed by atoms with van der Waals surface area (Å²) in [6.07, 6.45) is 4.75. The van der Waals surface area contributed by atoms with Gasteiger partial charge >= 0.3 is 6.09 Å². The fraction of sp³-hybridized carbons (Fsp3) is 0.417. The lowest BCUT2D eigenvalue weighted by Gasteiger charge is -2.27. The Labute approximate surface area is 192 Å². The standard InChI is InChI=1S/C24H30N4O5/c1-26-22(30)20-13-18(15-28(23(20)31)14-17-5-3-2-4-6-17)21(29)27-12-11-16-7-9-19(10-8-16)33-24(25)32/h2-6,13,15-16,19H,7-12,14H2,1H3,(H2,25,32)(H,26,30)(H,27,29)/t16-,19+. The molecule has 0 unspecified atom stereocenters. The van der Waals surface area contributed by atoms with Gasteiger partial charge in [0.15, 0.2) is 0 Å². The first-order chi connectivity index (χ1) is 15.9. The molecule has 0 saturated heterocycles. The van der Waals surface area contributed by atoms with Crippen LogP contribution in [0.2, 0.25) is 0 Å². The summed E-state index contributed by atoms with van der Waals surface area (Å²) in [6.45, 7) is 0.722. The molecule has 1 aliphatic carbocycles. The molecule has 33 heavy (non-hydrogen) atoms. The van der Waals surface area contributed by atoms with Crippen LogP contribution in [-0.4, -0.2) is 42.2 Å². The number of primary amides is 1. The van der Waals surface area contributed by atoms with Crippen molar-refractivity contribution in [3.8, 4) is 0 Å². The highest BCUT2D eigenvalue weighted by molar-refractivity contribution is 5.99. The Morgan fingerprint density at radius 3 is 2.42 bits per heavy atom. The number of nitrogens with zero attached hydrogens (tertiary/aromatic N) is 1. The molecule has 0 radical (unpaired) electrons. The fourth-order valence-electron chi connectivity index (χ4n) is 4.15. The van der Waals surface area contributed by atoms with E-state index in [1.54, 1.807) is 0 Å². The molecule has 176 valence electrons. The first kappa shape index (κ1) is 24.0. The van der Waals surface area contributed by atoms with Crippen LogP contribution < -0.4 is 21.9 Å². The lowest BCUT2D eigenvalue weighted by Crippen LogP contribution is -2.34. The second-order valence-electron chi connectivity index (χ2n) is 8.26. The Kier molecular flexibility index (Phi) is 8.23. The summed E-state index contributed by atoms with van der Waals surface area (Å²) in [6, 6.07) is 10.7. The number of ether oxygens (including phenoxy) is 1. The van der Waals surface area contributed by atoms with Crippen molar-refractivity contribution in [3.05, 3.63) is 69.6 Å². The van der Waals surface area contributed by atoms with Gasteiger partial charge in [-0.05, 0) is 49.7 Å². The van der Waals surface area contributed by atoms with Gasteiger partial charge in [-0.1, -0.05) is 30.3 Å². The van der Waals surface area contributed by atoms with Crippen molar-refractivity contribution < 1.29 is 19.1 Å². The molecule has 1 saturated carbocycles. The highest BCUT2D eigenvalue weighted by Crippen LogP contribution is 2.28. The molecule has 0 aliphatic heterocycles. The van der Waals surface area contributed by atoms with E-state index < -0.39 is 17.6 Å². The molecule has 1 aromatic carbocycles. The molecule has 1 fully saturated rings. The van der Waals surface area contributed by atoms with Gasteiger partial charge in [-0.3, -0.25) is 14.4 Å². The van der Waals surface area contributed by atoms with Crippen LogP contribution in [0.1, 0.15) is 58.4 Å². The van der Waals surface area contributed by atoms with E-state index >= 15 is 0 Å². The van der Waals surface area contributed by atoms with E-state index in [9.17, 15) is 19.2 Å². The number of rotatable bonds is 8. The zero-order valence-corrected chi connectivity index (χ0v) is 18.7. The van der Waals surface area contributed by atoms with Crippen molar-refractivity contribution in [1.82, 2.24) is 15.2 Å². The van der Waals surface area contributed by atoms with Crippen LogP contribution in [0.15, 0.2) is 47.4 Å². The van der Waals surface area contributed by atoms with Gasteiger partial charge in [-0.2, -0.15) is 0 Å². The van der Waals surface area contributed by atoms with E-state index in [1.807, 2.05) is 30.3 Å². The maximum Gasteiger partial charge on any atom is 0.404 e. The number of amides is 3. The zero-order chi connectivity index (χ0) is 23.8. The van der Waals surface area contributed by atoms with Crippen LogP contribution in [0.25, 0.3) is 0 Å². The number of nitrogens with one attached hydrogen (secondary N) is 2. The van der Waals surface area contributed by atoms with E-state index in [0.29, 0.717) is 12.5 Å². The molecule has 9 nitrogen and oxygen atoms in total. The Bertz CT molecular complexity index is 1040. The van der Waals surface area contributed by atoms with Crippen LogP contribution in [-0.2, 0) is 11.3 Å². The molecular weight excluding hydrogens is 424 g/mol. The normalized spacial score (nSPS) is 17.7. The van der Waals surface area contributed by atoms with Crippen molar-refractivity contribution in [1.29, 1.82) is 0 Å². The molecule has 0 atom stereocenters. The maximum atomic E-state index is 12.8. The van der Waals surface area contributed by atoms with Gasteiger partial charge in [0.1, 0.15) is 11.7 Å². The fourth-order valence-corrected chi connectivity index (χ4v) is 4.15.